The molecule has 8 heteroatoms. The van der Waals surface area contributed by atoms with E-state index in [1.54, 1.807) is 0 Å². The zero-order valence-electron chi connectivity index (χ0n) is 15.9. The summed E-state index contributed by atoms with van der Waals surface area (Å²) in [6.07, 6.45) is 3.17. The maximum absolute atomic E-state index is 12.8. The van der Waals surface area contributed by atoms with E-state index in [0.717, 1.165) is 34.6 Å². The molecule has 0 amide bonds. The molecule has 2 heterocycles. The van der Waals surface area contributed by atoms with Gasteiger partial charge < -0.3 is 0 Å². The van der Waals surface area contributed by atoms with Gasteiger partial charge in [-0.25, -0.2) is 0 Å². The van der Waals surface area contributed by atoms with Crippen molar-refractivity contribution in [1.82, 2.24) is 13.5 Å². The van der Waals surface area contributed by atoms with Crippen molar-refractivity contribution < 1.29 is 6.51 Å². The van der Waals surface area contributed by atoms with Crippen molar-refractivity contribution in [3.05, 3.63) is 75.6 Å². The van der Waals surface area contributed by atoms with Crippen LogP contribution in [0.1, 0.15) is 30.9 Å². The number of nitrogens with zero attached hydrogens (tertiary/aromatic N) is 3. The molecule has 150 valence electrons. The van der Waals surface area contributed by atoms with Gasteiger partial charge in [-0.3, -0.25) is 0 Å². The Hall–Kier alpha value is -2.01. The van der Waals surface area contributed by atoms with Gasteiger partial charge >= 0.3 is 179 Å². The average molecular weight is 520 g/mol. The van der Waals surface area contributed by atoms with Crippen molar-refractivity contribution in [3.63, 3.8) is 0 Å². The van der Waals surface area contributed by atoms with Crippen LogP contribution in [0.3, 0.4) is 0 Å². The molecule has 1 unspecified atom stereocenters. The second-order valence-electron chi connectivity index (χ2n) is 6.47. The number of aliphatic imine (C=N–C) groups is 1. The summed E-state index contributed by atoms with van der Waals surface area (Å²) in [5.74, 6) is 0.373. The van der Waals surface area contributed by atoms with Gasteiger partial charge in [0.05, 0.1) is 0 Å². The summed E-state index contributed by atoms with van der Waals surface area (Å²) in [5, 5.41) is 0.623. The molecule has 6 nitrogen and oxygen atoms in total. The van der Waals surface area contributed by atoms with Gasteiger partial charge in [0.1, 0.15) is 0 Å². The van der Waals surface area contributed by atoms with E-state index >= 15 is 0 Å². The summed E-state index contributed by atoms with van der Waals surface area (Å²) in [7, 11) is 0. The number of unbranched alkanes of at least 4 members (excludes halogenated alkanes) is 1. The van der Waals surface area contributed by atoms with Crippen molar-refractivity contribution in [2.24, 2.45) is 4.99 Å². The number of aromatic nitrogens is 2. The first kappa shape index (κ1) is 20.3. The minimum atomic E-state index is -4.60. The van der Waals surface area contributed by atoms with Gasteiger partial charge in [-0.05, 0) is 0 Å². The van der Waals surface area contributed by atoms with E-state index in [0.29, 0.717) is 17.4 Å². The summed E-state index contributed by atoms with van der Waals surface area (Å²) in [6, 6.07) is 17.9. The van der Waals surface area contributed by atoms with Gasteiger partial charge in [0.15, 0.2) is 0 Å². The molecule has 0 fully saturated rings. The first-order chi connectivity index (χ1) is 14.1. The average Bonchev–Trinajstić information content (AvgIpc) is 2.90. The second kappa shape index (κ2) is 8.78. The van der Waals surface area contributed by atoms with Crippen LogP contribution in [-0.2, 0) is 3.07 Å². The molecule has 1 aromatic heterocycles. The molecule has 2 aromatic carbocycles. The van der Waals surface area contributed by atoms with Crippen LogP contribution >= 0.6 is 30.9 Å². The third-order valence-electron chi connectivity index (χ3n) is 4.37. The molecule has 29 heavy (non-hydrogen) atoms. The predicted octanol–water partition coefficient (Wildman–Crippen LogP) is 4.88. The summed E-state index contributed by atoms with van der Waals surface area (Å²) in [5.41, 5.74) is 2.73. The monoisotopic (exact) mass is 520 g/mol. The van der Waals surface area contributed by atoms with Gasteiger partial charge in [0, 0.05) is 0 Å². The Bertz CT molecular complexity index is 1100. The molecule has 4 rings (SSSR count). The van der Waals surface area contributed by atoms with Crippen LogP contribution in [0.2, 0.25) is 0 Å². The molecule has 2 N–H and O–H groups in total. The molecule has 0 aliphatic carbocycles. The zero-order chi connectivity index (χ0) is 20.3. The number of halogens is 1. The fourth-order valence-electron chi connectivity index (χ4n) is 2.89. The van der Waals surface area contributed by atoms with Gasteiger partial charge in [-0.1, -0.05) is 0 Å². The van der Waals surface area contributed by atoms with E-state index in [9.17, 15) is 6.51 Å². The SMILES string of the molecule is CCCCNI(=O)(O)c1cnc2c(n1)N=C(c1ccccc1)c1ccccc1S2. The van der Waals surface area contributed by atoms with E-state index in [4.69, 9.17) is 4.99 Å². The van der Waals surface area contributed by atoms with E-state index in [1.807, 2.05) is 61.5 Å². The predicted molar refractivity (Wildman–Crippen MR) is 123 cm³/mol. The fraction of sp³-hybridized carbons (Fsp3) is 0.190. The maximum atomic E-state index is 12.8. The third-order valence-corrected chi connectivity index (χ3v) is 9.02. The zero-order valence-corrected chi connectivity index (χ0v) is 18.9. The molecule has 0 saturated carbocycles. The number of nitrogens with one attached hydrogen (secondary N) is 1. The quantitative estimate of drug-likeness (QED) is 0.214. The van der Waals surface area contributed by atoms with Gasteiger partial charge in [-0.2, -0.15) is 0 Å². The van der Waals surface area contributed by atoms with Crippen molar-refractivity contribution in [2.75, 3.05) is 6.54 Å². The number of fused-ring (bicyclic) bond motifs is 2. The Labute approximate surface area is 178 Å². The third kappa shape index (κ3) is 4.45. The molecular weight excluding hydrogens is 499 g/mol. The summed E-state index contributed by atoms with van der Waals surface area (Å²) in [6.45, 7) is 2.51. The number of benzene rings is 2. The Kier molecular flexibility index (Phi) is 6.14. The fourth-order valence-corrected chi connectivity index (χ4v) is 6.39. The number of rotatable bonds is 6. The Balaban J connectivity index is 1.81. The van der Waals surface area contributed by atoms with Gasteiger partial charge in [0.25, 0.3) is 0 Å². The Morgan fingerprint density at radius 2 is 1.86 bits per heavy atom. The molecule has 0 spiro atoms. The van der Waals surface area contributed by atoms with Crippen molar-refractivity contribution >= 4 is 42.4 Å². The molecule has 0 bridgehead atoms. The summed E-state index contributed by atoms with van der Waals surface area (Å²) in [4.78, 5) is 14.7. The van der Waals surface area contributed by atoms with Crippen molar-refractivity contribution in [3.8, 4) is 0 Å². The van der Waals surface area contributed by atoms with Crippen LogP contribution in [0.25, 0.3) is 0 Å². The molecule has 1 atom stereocenters. The second-order valence-corrected chi connectivity index (χ2v) is 12.1. The molecule has 0 saturated heterocycles. The van der Waals surface area contributed by atoms with E-state index in [2.05, 4.69) is 13.5 Å². The van der Waals surface area contributed by atoms with Crippen LogP contribution in [0.5, 0.6) is 0 Å². The van der Waals surface area contributed by atoms with Crippen LogP contribution in [-0.4, -0.2) is 25.7 Å². The van der Waals surface area contributed by atoms with Gasteiger partial charge in [0.2, 0.25) is 0 Å². The number of hydrogen-bond acceptors (Lipinski definition) is 5. The first-order valence-electron chi connectivity index (χ1n) is 9.32. The summed E-state index contributed by atoms with van der Waals surface area (Å²) >= 11 is -3.13. The van der Waals surface area contributed by atoms with Gasteiger partial charge in [-0.15, -0.1) is 0 Å². The van der Waals surface area contributed by atoms with Crippen LogP contribution in [0.15, 0.2) is 75.7 Å². The molecule has 1 aliphatic rings. The topological polar surface area (TPSA) is 87.5 Å². The van der Waals surface area contributed by atoms with Crippen LogP contribution in [0, 0.1) is 3.70 Å². The first-order valence-corrected chi connectivity index (χ1v) is 14.1. The van der Waals surface area contributed by atoms with Crippen molar-refractivity contribution in [2.45, 2.75) is 29.7 Å². The van der Waals surface area contributed by atoms with Crippen molar-refractivity contribution in [1.29, 1.82) is 0 Å². The van der Waals surface area contributed by atoms with E-state index in [1.165, 1.54) is 18.0 Å². The normalized spacial score (nSPS) is 16.0. The molecule has 3 aromatic rings. The molecule has 1 aliphatic heterocycles. The Morgan fingerprint density at radius 3 is 2.66 bits per heavy atom. The van der Waals surface area contributed by atoms with Crippen LogP contribution < -0.4 is 3.53 Å². The standard InChI is InChI=1S/C21H21IN4O2S/c1-2-3-13-24-22(27,28)18-14-23-21-20(25-18)26-19(15-9-5-4-6-10-15)16-11-7-8-12-17(16)29-21/h4-12,14H,2-3,13H2,1H3,(H2,24,27,28). The summed E-state index contributed by atoms with van der Waals surface area (Å²) < 4.78 is 26.2. The van der Waals surface area contributed by atoms with E-state index < -0.39 is 19.1 Å². The molecule has 0 radical (unpaired) electrons. The minimum absolute atomic E-state index is 0.0921. The number of hydrogen-bond donors (Lipinski definition) is 2. The van der Waals surface area contributed by atoms with Crippen LogP contribution in [0.4, 0.5) is 5.82 Å². The van der Waals surface area contributed by atoms with E-state index in [-0.39, 0.29) is 3.70 Å². The molecular formula is C21H21IN4O2S. The Morgan fingerprint density at radius 1 is 1.10 bits per heavy atom.